The summed E-state index contributed by atoms with van der Waals surface area (Å²) in [5.41, 5.74) is 22.2. The van der Waals surface area contributed by atoms with Crippen molar-refractivity contribution in [1.29, 1.82) is 0 Å². The molecule has 0 radical (unpaired) electrons. The molecule has 0 aliphatic heterocycles. The van der Waals surface area contributed by atoms with E-state index in [1.807, 2.05) is 30.3 Å². The van der Waals surface area contributed by atoms with Crippen LogP contribution < -0.4 is 0 Å². The molecule has 12 aromatic rings. The van der Waals surface area contributed by atoms with Gasteiger partial charge in [-0.05, 0) is 97.6 Å². The quantitative estimate of drug-likeness (QED) is 0.167. The predicted molar refractivity (Wildman–Crippen MR) is 296 cm³/mol. The second-order valence-corrected chi connectivity index (χ2v) is 19.4. The van der Waals surface area contributed by atoms with Crippen molar-refractivity contribution < 1.29 is 0 Å². The zero-order valence-corrected chi connectivity index (χ0v) is 40.0. The Balaban J connectivity index is 1.07. The zero-order chi connectivity index (χ0) is 48.8. The maximum absolute atomic E-state index is 5.43. The summed E-state index contributed by atoms with van der Waals surface area (Å²) in [4.78, 5) is 21.7. The Morgan fingerprint density at radius 1 is 0.257 bits per heavy atom. The molecular weight excluding hydrogens is 897 g/mol. The normalized spacial score (nSPS) is 13.5. The number of hydrogen-bond donors (Lipinski definition) is 0. The summed E-state index contributed by atoms with van der Waals surface area (Å²) in [6, 6.07) is 98.3. The van der Waals surface area contributed by atoms with E-state index >= 15 is 0 Å². The van der Waals surface area contributed by atoms with Gasteiger partial charge in [-0.15, -0.1) is 0 Å². The van der Waals surface area contributed by atoms with Gasteiger partial charge in [0.1, 0.15) is 0 Å². The van der Waals surface area contributed by atoms with Crippen LogP contribution in [0.25, 0.3) is 90.1 Å². The topological polar surface area (TPSA) is 51.6 Å². The Morgan fingerprint density at radius 3 is 1.03 bits per heavy atom. The minimum atomic E-state index is -0.796. The first-order chi connectivity index (χ1) is 36.7. The molecule has 3 aliphatic rings. The lowest BCUT2D eigenvalue weighted by Crippen LogP contribution is -2.44. The molecule has 74 heavy (non-hydrogen) atoms. The summed E-state index contributed by atoms with van der Waals surface area (Å²) in [6.45, 7) is 0. The van der Waals surface area contributed by atoms with Gasteiger partial charge >= 0.3 is 0 Å². The SMILES string of the molecule is c1ccc2c(c#1)-c1ccccc1C21c2cc(-c3nc(-c4ccccc4)cc(-c4ccccc4)n3)ccc2C2(c3ccccc3-c3ccccc32)c2cc(-c3nc(-c4ccccc4)cc(-c4ccccc4)n3)ccc21. The number of hydrogen-bond acceptors (Lipinski definition) is 4. The summed E-state index contributed by atoms with van der Waals surface area (Å²) in [7, 11) is 0. The van der Waals surface area contributed by atoms with E-state index in [-0.39, 0.29) is 0 Å². The van der Waals surface area contributed by atoms with Gasteiger partial charge in [0.2, 0.25) is 0 Å². The number of benzene rings is 9. The summed E-state index contributed by atoms with van der Waals surface area (Å²) in [5.74, 6) is 1.33. The Hall–Kier alpha value is -9.82. The summed E-state index contributed by atoms with van der Waals surface area (Å²) in [6.07, 6.45) is 0. The van der Waals surface area contributed by atoms with Gasteiger partial charge in [-0.2, -0.15) is 0 Å². The van der Waals surface area contributed by atoms with Crippen molar-refractivity contribution in [2.45, 2.75) is 10.8 Å². The summed E-state index contributed by atoms with van der Waals surface area (Å²) < 4.78 is 0. The molecule has 0 N–H and O–H groups in total. The molecule has 0 bridgehead atoms. The van der Waals surface area contributed by atoms with E-state index in [1.54, 1.807) is 0 Å². The molecule has 0 saturated heterocycles. The van der Waals surface area contributed by atoms with Crippen molar-refractivity contribution in [3.05, 3.63) is 311 Å². The van der Waals surface area contributed by atoms with E-state index in [2.05, 4.69) is 237 Å². The van der Waals surface area contributed by atoms with Gasteiger partial charge in [0.05, 0.1) is 33.6 Å². The highest BCUT2D eigenvalue weighted by atomic mass is 14.9. The van der Waals surface area contributed by atoms with Gasteiger partial charge in [-0.3, -0.25) is 0 Å². The van der Waals surface area contributed by atoms with Crippen LogP contribution in [0.15, 0.2) is 255 Å². The molecule has 2 aromatic heterocycles. The van der Waals surface area contributed by atoms with Crippen molar-refractivity contribution in [2.24, 2.45) is 0 Å². The maximum Gasteiger partial charge on any atom is 0.160 e. The average Bonchev–Trinajstić information content (AvgIpc) is 4.02. The van der Waals surface area contributed by atoms with E-state index in [4.69, 9.17) is 19.9 Å². The molecule has 1 unspecified atom stereocenters. The van der Waals surface area contributed by atoms with Crippen LogP contribution >= 0.6 is 0 Å². The first kappa shape index (κ1) is 41.9. The summed E-state index contributed by atoms with van der Waals surface area (Å²) in [5, 5.41) is 0. The number of rotatable bonds is 6. The number of aromatic nitrogens is 4. The Bertz CT molecular complexity index is 3710. The minimum absolute atomic E-state index is 0.662. The molecule has 2 spiro atoms. The van der Waals surface area contributed by atoms with Crippen LogP contribution in [0.3, 0.4) is 0 Å². The second-order valence-electron chi connectivity index (χ2n) is 19.4. The van der Waals surface area contributed by atoms with E-state index < -0.39 is 10.8 Å². The molecule has 4 heteroatoms. The molecule has 0 amide bonds. The van der Waals surface area contributed by atoms with E-state index in [9.17, 15) is 0 Å². The van der Waals surface area contributed by atoms with Gasteiger partial charge in [-0.25, -0.2) is 19.9 Å². The highest BCUT2D eigenvalue weighted by molar-refractivity contribution is 5.94. The average molecular weight is 939 g/mol. The Kier molecular flexibility index (Phi) is 9.27. The van der Waals surface area contributed by atoms with E-state index in [1.165, 1.54) is 50.1 Å². The number of nitrogens with zero attached hydrogens (tertiary/aromatic N) is 4. The highest BCUT2D eigenvalue weighted by Gasteiger charge is 2.59. The smallest absolute Gasteiger partial charge is 0.160 e. The molecule has 342 valence electrons. The molecule has 0 saturated carbocycles. The van der Waals surface area contributed by atoms with Crippen LogP contribution in [-0.2, 0) is 10.8 Å². The van der Waals surface area contributed by atoms with Crippen molar-refractivity contribution >= 4 is 0 Å². The van der Waals surface area contributed by atoms with Crippen LogP contribution in [0.4, 0.5) is 0 Å². The molecule has 15 rings (SSSR count). The summed E-state index contributed by atoms with van der Waals surface area (Å²) >= 11 is 0. The van der Waals surface area contributed by atoms with Gasteiger partial charge in [-0.1, -0.05) is 231 Å². The van der Waals surface area contributed by atoms with Crippen LogP contribution in [0.1, 0.15) is 44.5 Å². The van der Waals surface area contributed by atoms with Crippen molar-refractivity contribution in [3.63, 3.8) is 0 Å². The maximum atomic E-state index is 5.43. The highest BCUT2D eigenvalue weighted by Crippen LogP contribution is 2.67. The van der Waals surface area contributed by atoms with Gasteiger partial charge in [0.25, 0.3) is 0 Å². The second kappa shape index (κ2) is 16.4. The molecule has 10 aromatic carbocycles. The lowest BCUT2D eigenvalue weighted by atomic mass is 9.52. The Labute approximate surface area is 430 Å². The van der Waals surface area contributed by atoms with Gasteiger partial charge in [0.15, 0.2) is 11.6 Å². The van der Waals surface area contributed by atoms with Crippen LogP contribution in [-0.4, -0.2) is 19.9 Å². The molecule has 3 aliphatic carbocycles. The minimum Gasteiger partial charge on any atom is -0.228 e. The lowest BCUT2D eigenvalue weighted by molar-refractivity contribution is 0.633. The first-order valence-electron chi connectivity index (χ1n) is 25.2. The van der Waals surface area contributed by atoms with Crippen molar-refractivity contribution in [2.75, 3.05) is 0 Å². The van der Waals surface area contributed by atoms with Crippen LogP contribution in [0.2, 0.25) is 0 Å². The Morgan fingerprint density at radius 2 is 0.608 bits per heavy atom. The fourth-order valence-corrected chi connectivity index (χ4v) is 12.6. The fourth-order valence-electron chi connectivity index (χ4n) is 12.6. The first-order valence-corrected chi connectivity index (χ1v) is 25.2. The standard InChI is InChI=1S/C70H42N4/c1-5-21-45(22-6-1)63-43-64(46-23-7-2-8-24-46)72-67(71-63)49-37-39-59-61(41-49)69(55-33-17-13-29-51(55)52-30-14-18-34-56(52)69)60-40-38-50(42-62(60)70(59)57-35-19-15-31-53(57)54-32-16-20-36-58(54)70)68-73-65(47-25-9-3-10-26-47)44-66(74-68)48-27-11-4-12-28-48/h1-15,17-31,33-44H. The van der Waals surface area contributed by atoms with E-state index in [0.717, 1.165) is 72.8 Å². The third kappa shape index (κ3) is 6.05. The van der Waals surface area contributed by atoms with Gasteiger partial charge in [0, 0.05) is 38.9 Å². The molecule has 2 heterocycles. The monoisotopic (exact) mass is 938 g/mol. The van der Waals surface area contributed by atoms with E-state index in [0.29, 0.717) is 11.6 Å². The fraction of sp³-hybridized carbons (Fsp3) is 0.0286. The predicted octanol–water partition coefficient (Wildman–Crippen LogP) is 15.9. The molecule has 1 atom stereocenters. The molecule has 4 nitrogen and oxygen atoms in total. The van der Waals surface area contributed by atoms with Gasteiger partial charge < -0.3 is 0 Å². The van der Waals surface area contributed by atoms with Crippen molar-refractivity contribution in [1.82, 2.24) is 19.9 Å². The largest absolute Gasteiger partial charge is 0.228 e. The lowest BCUT2D eigenvalue weighted by Gasteiger charge is -2.49. The van der Waals surface area contributed by atoms with Crippen molar-refractivity contribution in [3.8, 4) is 90.1 Å². The van der Waals surface area contributed by atoms with Crippen LogP contribution in [0.5, 0.6) is 0 Å². The zero-order valence-electron chi connectivity index (χ0n) is 40.0. The molecular formula is C70H42N4. The molecule has 0 fully saturated rings. The third-order valence-electron chi connectivity index (χ3n) is 15.7. The third-order valence-corrected chi connectivity index (χ3v) is 15.7. The number of fused-ring (bicyclic) bond motifs is 16. The van der Waals surface area contributed by atoms with Crippen LogP contribution in [0, 0.1) is 12.1 Å².